The second-order valence-corrected chi connectivity index (χ2v) is 5.86. The largest absolute Gasteiger partial charge is 0.491 e. The molecule has 1 aliphatic rings. The first-order valence-electron chi connectivity index (χ1n) is 7.75. The van der Waals surface area contributed by atoms with Crippen LogP contribution in [0.15, 0.2) is 24.4 Å². The van der Waals surface area contributed by atoms with E-state index in [0.717, 1.165) is 11.3 Å². The number of aryl methyl sites for hydroxylation is 1. The SMILES string of the molecule is Cc1c(CN(C)C(=O)c2ccc3c(c2)C(=O)NCCO3)cnn1C. The summed E-state index contributed by atoms with van der Waals surface area (Å²) in [6.45, 7) is 3.30. The summed E-state index contributed by atoms with van der Waals surface area (Å²) < 4.78 is 7.28. The van der Waals surface area contributed by atoms with E-state index in [2.05, 4.69) is 10.4 Å². The molecule has 126 valence electrons. The zero-order chi connectivity index (χ0) is 17.3. The van der Waals surface area contributed by atoms with Crippen molar-refractivity contribution >= 4 is 11.8 Å². The monoisotopic (exact) mass is 328 g/mol. The number of carbonyl (C=O) groups excluding carboxylic acids is 2. The van der Waals surface area contributed by atoms with Crippen LogP contribution in [0, 0.1) is 6.92 Å². The van der Waals surface area contributed by atoms with Gasteiger partial charge in [0.15, 0.2) is 0 Å². The molecule has 7 nitrogen and oxygen atoms in total. The van der Waals surface area contributed by atoms with Crippen LogP contribution in [0.4, 0.5) is 0 Å². The maximum absolute atomic E-state index is 12.7. The van der Waals surface area contributed by atoms with Crippen LogP contribution >= 0.6 is 0 Å². The van der Waals surface area contributed by atoms with Crippen molar-refractivity contribution in [2.24, 2.45) is 7.05 Å². The smallest absolute Gasteiger partial charge is 0.255 e. The zero-order valence-electron chi connectivity index (χ0n) is 14.0. The maximum Gasteiger partial charge on any atom is 0.255 e. The average Bonchev–Trinajstić information content (AvgIpc) is 2.79. The third-order valence-electron chi connectivity index (χ3n) is 4.21. The van der Waals surface area contributed by atoms with Gasteiger partial charge in [-0.25, -0.2) is 0 Å². The Kier molecular flexibility index (Phi) is 4.24. The maximum atomic E-state index is 12.7. The highest BCUT2D eigenvalue weighted by Crippen LogP contribution is 2.23. The van der Waals surface area contributed by atoms with E-state index in [0.29, 0.717) is 36.6 Å². The quantitative estimate of drug-likeness (QED) is 0.916. The van der Waals surface area contributed by atoms with E-state index in [-0.39, 0.29) is 11.8 Å². The lowest BCUT2D eigenvalue weighted by atomic mass is 10.1. The molecule has 1 aromatic carbocycles. The number of nitrogens with one attached hydrogen (secondary N) is 1. The molecule has 0 unspecified atom stereocenters. The minimum Gasteiger partial charge on any atom is -0.491 e. The van der Waals surface area contributed by atoms with Crippen molar-refractivity contribution in [1.29, 1.82) is 0 Å². The van der Waals surface area contributed by atoms with E-state index in [9.17, 15) is 9.59 Å². The van der Waals surface area contributed by atoms with Gasteiger partial charge in [0.1, 0.15) is 12.4 Å². The first-order chi connectivity index (χ1) is 11.5. The fourth-order valence-corrected chi connectivity index (χ4v) is 2.63. The molecule has 0 saturated heterocycles. The Morgan fingerprint density at radius 1 is 1.46 bits per heavy atom. The van der Waals surface area contributed by atoms with Gasteiger partial charge in [-0.05, 0) is 25.1 Å². The normalized spacial score (nSPS) is 13.5. The molecule has 2 heterocycles. The number of amides is 2. The fourth-order valence-electron chi connectivity index (χ4n) is 2.63. The summed E-state index contributed by atoms with van der Waals surface area (Å²) in [7, 11) is 3.60. The lowest BCUT2D eigenvalue weighted by molar-refractivity contribution is 0.0785. The summed E-state index contributed by atoms with van der Waals surface area (Å²) in [5, 5.41) is 6.93. The first kappa shape index (κ1) is 16.0. The molecule has 24 heavy (non-hydrogen) atoms. The van der Waals surface area contributed by atoms with Gasteiger partial charge in [0.2, 0.25) is 0 Å². The molecule has 7 heteroatoms. The Morgan fingerprint density at radius 3 is 2.96 bits per heavy atom. The van der Waals surface area contributed by atoms with E-state index >= 15 is 0 Å². The van der Waals surface area contributed by atoms with Gasteiger partial charge in [-0.15, -0.1) is 0 Å². The minimum absolute atomic E-state index is 0.155. The van der Waals surface area contributed by atoms with Crippen molar-refractivity contribution < 1.29 is 14.3 Å². The summed E-state index contributed by atoms with van der Waals surface area (Å²) in [6.07, 6.45) is 1.76. The summed E-state index contributed by atoms with van der Waals surface area (Å²) in [5.74, 6) is 0.133. The van der Waals surface area contributed by atoms with Crippen molar-refractivity contribution in [2.75, 3.05) is 20.2 Å². The number of aromatic nitrogens is 2. The minimum atomic E-state index is -0.220. The van der Waals surface area contributed by atoms with E-state index in [1.165, 1.54) is 0 Å². The number of nitrogens with zero attached hydrogens (tertiary/aromatic N) is 3. The van der Waals surface area contributed by atoms with E-state index in [1.807, 2.05) is 14.0 Å². The Bertz CT molecular complexity index is 797. The van der Waals surface area contributed by atoms with Gasteiger partial charge in [0, 0.05) is 37.5 Å². The predicted octanol–water partition coefficient (Wildman–Crippen LogP) is 1.12. The van der Waals surface area contributed by atoms with E-state index in [1.54, 1.807) is 41.0 Å². The molecule has 3 rings (SSSR count). The molecule has 0 aliphatic carbocycles. The molecule has 0 atom stereocenters. The second-order valence-electron chi connectivity index (χ2n) is 5.86. The van der Waals surface area contributed by atoms with E-state index in [4.69, 9.17) is 4.74 Å². The standard InChI is InChI=1S/C17H20N4O3/c1-11-13(9-19-21(11)3)10-20(2)17(23)12-4-5-15-14(8-12)16(22)18-6-7-24-15/h4-5,8-9H,6-7,10H2,1-3H3,(H,18,22). The van der Waals surface area contributed by atoms with Crippen molar-refractivity contribution in [1.82, 2.24) is 20.0 Å². The van der Waals surface area contributed by atoms with Gasteiger partial charge in [-0.3, -0.25) is 14.3 Å². The molecule has 2 amide bonds. The lowest BCUT2D eigenvalue weighted by Gasteiger charge is -2.18. The van der Waals surface area contributed by atoms with Crippen molar-refractivity contribution in [3.05, 3.63) is 46.8 Å². The number of ether oxygens (including phenoxy) is 1. The van der Waals surface area contributed by atoms with Crippen molar-refractivity contribution in [2.45, 2.75) is 13.5 Å². The molecular weight excluding hydrogens is 308 g/mol. The van der Waals surface area contributed by atoms with Gasteiger partial charge in [-0.1, -0.05) is 0 Å². The number of rotatable bonds is 3. The third kappa shape index (κ3) is 2.97. The van der Waals surface area contributed by atoms with Crippen LogP contribution in [0.2, 0.25) is 0 Å². The van der Waals surface area contributed by atoms with Gasteiger partial charge in [-0.2, -0.15) is 5.10 Å². The van der Waals surface area contributed by atoms with Crippen LogP contribution in [0.3, 0.4) is 0 Å². The van der Waals surface area contributed by atoms with Crippen LogP contribution in [0.5, 0.6) is 5.75 Å². The zero-order valence-corrected chi connectivity index (χ0v) is 14.0. The Morgan fingerprint density at radius 2 is 2.25 bits per heavy atom. The average molecular weight is 328 g/mol. The number of benzene rings is 1. The highest BCUT2D eigenvalue weighted by molar-refractivity contribution is 6.01. The van der Waals surface area contributed by atoms with E-state index < -0.39 is 0 Å². The van der Waals surface area contributed by atoms with Gasteiger partial charge in [0.05, 0.1) is 18.3 Å². The molecule has 0 radical (unpaired) electrons. The number of carbonyl (C=O) groups is 2. The van der Waals surface area contributed by atoms with Crippen LogP contribution in [0.1, 0.15) is 32.0 Å². The van der Waals surface area contributed by atoms with Crippen LogP contribution in [-0.2, 0) is 13.6 Å². The van der Waals surface area contributed by atoms with Crippen LogP contribution < -0.4 is 10.1 Å². The topological polar surface area (TPSA) is 76.5 Å². The van der Waals surface area contributed by atoms with Gasteiger partial charge in [0.25, 0.3) is 11.8 Å². The second kappa shape index (κ2) is 6.35. The Balaban J connectivity index is 1.82. The third-order valence-corrected chi connectivity index (χ3v) is 4.21. The van der Waals surface area contributed by atoms with Gasteiger partial charge >= 0.3 is 0 Å². The molecule has 0 spiro atoms. The molecule has 1 aliphatic heterocycles. The Hall–Kier alpha value is -2.83. The number of hydrogen-bond donors (Lipinski definition) is 1. The Labute approximate surface area is 140 Å². The molecule has 1 N–H and O–H groups in total. The number of fused-ring (bicyclic) bond motifs is 1. The summed E-state index contributed by atoms with van der Waals surface area (Å²) >= 11 is 0. The molecular formula is C17H20N4O3. The highest BCUT2D eigenvalue weighted by Gasteiger charge is 2.20. The summed E-state index contributed by atoms with van der Waals surface area (Å²) in [5.41, 5.74) is 2.86. The molecule has 0 bridgehead atoms. The fraction of sp³-hybridized carbons (Fsp3) is 0.353. The number of hydrogen-bond acceptors (Lipinski definition) is 4. The van der Waals surface area contributed by atoms with Crippen LogP contribution in [0.25, 0.3) is 0 Å². The van der Waals surface area contributed by atoms with Crippen molar-refractivity contribution in [3.63, 3.8) is 0 Å². The molecule has 0 fully saturated rings. The van der Waals surface area contributed by atoms with Crippen molar-refractivity contribution in [3.8, 4) is 5.75 Å². The molecule has 2 aromatic rings. The summed E-state index contributed by atoms with van der Waals surface area (Å²) in [6, 6.07) is 4.95. The first-order valence-corrected chi connectivity index (χ1v) is 7.75. The van der Waals surface area contributed by atoms with Crippen LogP contribution in [-0.4, -0.2) is 46.7 Å². The summed E-state index contributed by atoms with van der Waals surface area (Å²) in [4.78, 5) is 26.3. The van der Waals surface area contributed by atoms with Gasteiger partial charge < -0.3 is 15.0 Å². The molecule has 1 aromatic heterocycles. The molecule has 0 saturated carbocycles. The predicted molar refractivity (Wildman–Crippen MR) is 88.0 cm³/mol. The highest BCUT2D eigenvalue weighted by atomic mass is 16.5. The lowest BCUT2D eigenvalue weighted by Crippen LogP contribution is -2.27.